The van der Waals surface area contributed by atoms with Crippen molar-refractivity contribution in [1.82, 2.24) is 0 Å². The Balaban J connectivity index is 2.02. The van der Waals surface area contributed by atoms with Crippen LogP contribution in [0.4, 0.5) is 0 Å². The van der Waals surface area contributed by atoms with Gasteiger partial charge in [0.1, 0.15) is 5.41 Å². The zero-order valence-corrected chi connectivity index (χ0v) is 15.7. The smallest absolute Gasteiger partial charge is 0.316 e. The highest BCUT2D eigenvalue weighted by atomic mass is 16.5. The number of carboxylic acid groups (broad SMARTS) is 1. The molecule has 0 aliphatic heterocycles. The van der Waals surface area contributed by atoms with Gasteiger partial charge in [0, 0.05) is 12.5 Å². The predicted octanol–water partition coefficient (Wildman–Crippen LogP) is 3.88. The molecule has 4 aliphatic rings. The zero-order chi connectivity index (χ0) is 18.2. The standard InChI is InChI=1S/C21H29NO3/c1-12(2)17-7-14-8-19(10-22)16-6-5-13(3)15(16)9-20(14,11-25-4)21(17,19)18(23)24/h7,12-16H,5-6,8-9,11H2,1-4H3,(H,23,24)/t13?,14-,15?,16?,19-,20-,21-/m0/s1. The fourth-order valence-corrected chi connectivity index (χ4v) is 7.80. The van der Waals surface area contributed by atoms with E-state index in [2.05, 4.69) is 32.9 Å². The van der Waals surface area contributed by atoms with Crippen molar-refractivity contribution in [3.63, 3.8) is 0 Å². The number of carboxylic acids is 1. The molecule has 4 aliphatic carbocycles. The van der Waals surface area contributed by atoms with Crippen LogP contribution in [0.3, 0.4) is 0 Å². The summed E-state index contributed by atoms with van der Waals surface area (Å²) in [7, 11) is 1.68. The summed E-state index contributed by atoms with van der Waals surface area (Å²) in [5, 5.41) is 21.1. The predicted molar refractivity (Wildman–Crippen MR) is 93.4 cm³/mol. The van der Waals surface area contributed by atoms with E-state index in [9.17, 15) is 15.2 Å². The molecule has 0 amide bonds. The van der Waals surface area contributed by atoms with Gasteiger partial charge in [0.25, 0.3) is 0 Å². The van der Waals surface area contributed by atoms with Gasteiger partial charge in [-0.1, -0.05) is 38.8 Å². The summed E-state index contributed by atoms with van der Waals surface area (Å²) in [6.45, 7) is 6.88. The quantitative estimate of drug-likeness (QED) is 0.786. The molecule has 3 fully saturated rings. The minimum Gasteiger partial charge on any atom is -0.481 e. The molecule has 4 nitrogen and oxygen atoms in total. The fraction of sp³-hybridized carbons (Fsp3) is 0.810. The molecular formula is C21H29NO3. The number of ether oxygens (including phenoxy) is 1. The highest BCUT2D eigenvalue weighted by Crippen LogP contribution is 2.83. The van der Waals surface area contributed by atoms with Gasteiger partial charge >= 0.3 is 5.97 Å². The summed E-state index contributed by atoms with van der Waals surface area (Å²) in [5.41, 5.74) is -1.31. The third kappa shape index (κ3) is 1.56. The monoisotopic (exact) mass is 343 g/mol. The molecule has 0 aromatic rings. The van der Waals surface area contributed by atoms with Crippen LogP contribution >= 0.6 is 0 Å². The van der Waals surface area contributed by atoms with Crippen molar-refractivity contribution in [3.05, 3.63) is 11.6 Å². The topological polar surface area (TPSA) is 70.3 Å². The lowest BCUT2D eigenvalue weighted by molar-refractivity contribution is -0.177. The fourth-order valence-electron chi connectivity index (χ4n) is 7.80. The van der Waals surface area contributed by atoms with E-state index in [1.807, 2.05) is 0 Å². The Labute approximate surface area is 150 Å². The SMILES string of the molecule is COC[C@@]12CC3C(C)CCC3[C@@]3(C#N)C[C@@H]1C=C(C(C)C)[C@@]23C(=O)O. The van der Waals surface area contributed by atoms with Crippen LogP contribution in [0.25, 0.3) is 0 Å². The summed E-state index contributed by atoms with van der Waals surface area (Å²) >= 11 is 0. The lowest BCUT2D eigenvalue weighted by Gasteiger charge is -2.57. The first kappa shape index (κ1) is 17.1. The molecule has 4 bridgehead atoms. The van der Waals surface area contributed by atoms with Crippen molar-refractivity contribution in [1.29, 1.82) is 5.26 Å². The Morgan fingerprint density at radius 3 is 2.72 bits per heavy atom. The van der Waals surface area contributed by atoms with Crippen molar-refractivity contribution >= 4 is 5.97 Å². The van der Waals surface area contributed by atoms with Gasteiger partial charge in [-0.2, -0.15) is 5.26 Å². The number of nitrogens with zero attached hydrogens (tertiary/aromatic N) is 1. The maximum atomic E-state index is 13.0. The zero-order valence-electron chi connectivity index (χ0n) is 15.7. The second-order valence-corrected chi connectivity index (χ2v) is 9.34. The summed E-state index contributed by atoms with van der Waals surface area (Å²) in [5.74, 6) is 0.733. The molecule has 3 saturated carbocycles. The molecule has 0 radical (unpaired) electrons. The highest BCUT2D eigenvalue weighted by molar-refractivity contribution is 5.85. The van der Waals surface area contributed by atoms with Crippen LogP contribution in [0.15, 0.2) is 11.6 Å². The van der Waals surface area contributed by atoms with Gasteiger partial charge in [-0.05, 0) is 48.9 Å². The van der Waals surface area contributed by atoms with Gasteiger partial charge in [-0.3, -0.25) is 4.79 Å². The number of methoxy groups -OCH3 is 1. The van der Waals surface area contributed by atoms with Gasteiger partial charge in [0.15, 0.2) is 0 Å². The summed E-state index contributed by atoms with van der Waals surface area (Å²) in [4.78, 5) is 13.0. The number of hydrogen-bond donors (Lipinski definition) is 1. The van der Waals surface area contributed by atoms with Crippen molar-refractivity contribution < 1.29 is 14.6 Å². The van der Waals surface area contributed by atoms with Crippen molar-refractivity contribution in [2.45, 2.75) is 46.5 Å². The minimum atomic E-state index is -1.07. The number of hydrogen-bond acceptors (Lipinski definition) is 3. The molecule has 0 spiro atoms. The highest BCUT2D eigenvalue weighted by Gasteiger charge is 2.84. The number of nitriles is 1. The molecule has 4 heteroatoms. The molecule has 0 aromatic heterocycles. The third-order valence-corrected chi connectivity index (χ3v) is 8.44. The van der Waals surface area contributed by atoms with Gasteiger partial charge in [0.05, 0.1) is 18.1 Å². The van der Waals surface area contributed by atoms with Crippen LogP contribution < -0.4 is 0 Å². The Bertz CT molecular complexity index is 692. The number of allylic oxidation sites excluding steroid dienone is 1. The first-order valence-electron chi connectivity index (χ1n) is 9.68. The Morgan fingerprint density at radius 2 is 2.16 bits per heavy atom. The average molecular weight is 343 g/mol. The lowest BCUT2D eigenvalue weighted by atomic mass is 9.43. The normalized spacial score (nSPS) is 49.8. The van der Waals surface area contributed by atoms with E-state index in [0.717, 1.165) is 24.8 Å². The molecule has 136 valence electrons. The average Bonchev–Trinajstić information content (AvgIpc) is 3.12. The summed E-state index contributed by atoms with van der Waals surface area (Å²) < 4.78 is 5.65. The molecule has 0 heterocycles. The van der Waals surface area contributed by atoms with Crippen LogP contribution in [0.2, 0.25) is 0 Å². The van der Waals surface area contributed by atoms with E-state index in [1.54, 1.807) is 7.11 Å². The van der Waals surface area contributed by atoms with Crippen molar-refractivity contribution in [3.8, 4) is 6.07 Å². The van der Waals surface area contributed by atoms with E-state index in [0.29, 0.717) is 24.9 Å². The van der Waals surface area contributed by atoms with Gasteiger partial charge in [-0.25, -0.2) is 0 Å². The second-order valence-electron chi connectivity index (χ2n) is 9.34. The maximum Gasteiger partial charge on any atom is 0.316 e. The molecule has 1 N–H and O–H groups in total. The van der Waals surface area contributed by atoms with Crippen molar-refractivity contribution in [2.75, 3.05) is 13.7 Å². The minimum absolute atomic E-state index is 0.140. The number of carbonyl (C=O) groups is 1. The number of rotatable bonds is 4. The first-order valence-corrected chi connectivity index (χ1v) is 9.68. The van der Waals surface area contributed by atoms with E-state index >= 15 is 0 Å². The molecule has 3 unspecified atom stereocenters. The molecule has 7 atom stereocenters. The van der Waals surface area contributed by atoms with Gasteiger partial charge in [-0.15, -0.1) is 0 Å². The number of aliphatic carboxylic acids is 1. The maximum absolute atomic E-state index is 13.0. The Morgan fingerprint density at radius 1 is 1.44 bits per heavy atom. The van der Waals surface area contributed by atoms with Crippen LogP contribution in [-0.2, 0) is 9.53 Å². The Kier molecular flexibility index (Phi) is 3.49. The molecule has 0 saturated heterocycles. The summed E-state index contributed by atoms with van der Waals surface area (Å²) in [6.07, 6.45) is 5.92. The van der Waals surface area contributed by atoms with Crippen LogP contribution in [0.1, 0.15) is 46.5 Å². The van der Waals surface area contributed by atoms with E-state index in [4.69, 9.17) is 4.74 Å². The van der Waals surface area contributed by atoms with E-state index < -0.39 is 22.2 Å². The number of fused-ring (bicyclic) bond motifs is 2. The first-order chi connectivity index (χ1) is 11.8. The second kappa shape index (κ2) is 5.10. The molecular weight excluding hydrogens is 314 g/mol. The van der Waals surface area contributed by atoms with Crippen molar-refractivity contribution in [2.24, 2.45) is 45.8 Å². The van der Waals surface area contributed by atoms with E-state index in [1.165, 1.54) is 0 Å². The van der Waals surface area contributed by atoms with Crippen LogP contribution in [0, 0.1) is 57.2 Å². The largest absolute Gasteiger partial charge is 0.481 e. The molecule has 4 rings (SSSR count). The third-order valence-electron chi connectivity index (χ3n) is 8.44. The molecule has 25 heavy (non-hydrogen) atoms. The Hall–Kier alpha value is -1.34. The molecule has 0 aromatic carbocycles. The lowest BCUT2D eigenvalue weighted by Crippen LogP contribution is -2.62. The summed E-state index contributed by atoms with van der Waals surface area (Å²) in [6, 6.07) is 2.65. The van der Waals surface area contributed by atoms with Crippen LogP contribution in [0.5, 0.6) is 0 Å². The van der Waals surface area contributed by atoms with E-state index in [-0.39, 0.29) is 17.8 Å². The van der Waals surface area contributed by atoms with Crippen LogP contribution in [-0.4, -0.2) is 24.8 Å². The van der Waals surface area contributed by atoms with Gasteiger partial charge in [0.2, 0.25) is 0 Å². The van der Waals surface area contributed by atoms with Gasteiger partial charge < -0.3 is 9.84 Å².